The summed E-state index contributed by atoms with van der Waals surface area (Å²) in [7, 11) is 1.73. The normalized spacial score (nSPS) is 10.1. The third-order valence-corrected chi connectivity index (χ3v) is 2.19. The van der Waals surface area contributed by atoms with E-state index in [1.165, 1.54) is 11.3 Å². The van der Waals surface area contributed by atoms with Crippen molar-refractivity contribution in [2.24, 2.45) is 0 Å². The second kappa shape index (κ2) is 6.44. The molecule has 14 heavy (non-hydrogen) atoms. The lowest BCUT2D eigenvalue weighted by Gasteiger charge is -2.07. The molecule has 0 aliphatic carbocycles. The molecule has 78 valence electrons. The van der Waals surface area contributed by atoms with Crippen molar-refractivity contribution in [1.82, 2.24) is 0 Å². The summed E-state index contributed by atoms with van der Waals surface area (Å²) < 4.78 is 4.98. The molecule has 1 N–H and O–H groups in total. The van der Waals surface area contributed by atoms with E-state index < -0.39 is 0 Å². The molecular formula is C12H19NO. The van der Waals surface area contributed by atoms with Crippen LogP contribution in [-0.4, -0.2) is 20.3 Å². The highest BCUT2D eigenvalue weighted by atomic mass is 16.5. The Morgan fingerprint density at radius 2 is 2.21 bits per heavy atom. The Labute approximate surface area is 86.3 Å². The number of hydrogen-bond acceptors (Lipinski definition) is 2. The molecule has 2 heteroatoms. The zero-order chi connectivity index (χ0) is 10.2. The first-order chi connectivity index (χ1) is 6.86. The predicted octanol–water partition coefficient (Wildman–Crippen LogP) is 2.70. The van der Waals surface area contributed by atoms with E-state index in [9.17, 15) is 0 Å². The summed E-state index contributed by atoms with van der Waals surface area (Å²) in [5.41, 5.74) is 2.59. The van der Waals surface area contributed by atoms with Crippen molar-refractivity contribution >= 4 is 5.69 Å². The van der Waals surface area contributed by atoms with Crippen molar-refractivity contribution in [3.8, 4) is 0 Å². The van der Waals surface area contributed by atoms with E-state index in [0.29, 0.717) is 0 Å². The number of hydrogen-bond donors (Lipinski definition) is 1. The Bertz CT molecular complexity index is 260. The molecule has 1 rings (SSSR count). The molecule has 0 bridgehead atoms. The molecule has 0 saturated carbocycles. The maximum Gasteiger partial charge on any atom is 0.0479 e. The van der Waals surface area contributed by atoms with Crippen LogP contribution in [-0.2, 0) is 11.2 Å². The van der Waals surface area contributed by atoms with Crippen LogP contribution >= 0.6 is 0 Å². The summed E-state index contributed by atoms with van der Waals surface area (Å²) in [5, 5.41) is 3.37. The van der Waals surface area contributed by atoms with Gasteiger partial charge in [-0.05, 0) is 30.5 Å². The van der Waals surface area contributed by atoms with Gasteiger partial charge in [0.2, 0.25) is 0 Å². The number of rotatable bonds is 6. The standard InChI is InChI=1S/C12H19NO/c1-3-11-6-4-7-12(10-11)13-8-5-9-14-2/h4,6-7,10,13H,3,5,8-9H2,1-2H3. The fourth-order valence-corrected chi connectivity index (χ4v) is 1.35. The van der Waals surface area contributed by atoms with Gasteiger partial charge in [-0.15, -0.1) is 0 Å². The van der Waals surface area contributed by atoms with Gasteiger partial charge in [-0.1, -0.05) is 19.1 Å². The first kappa shape index (κ1) is 11.1. The van der Waals surface area contributed by atoms with Gasteiger partial charge in [0.05, 0.1) is 0 Å². The van der Waals surface area contributed by atoms with Crippen LogP contribution in [0.4, 0.5) is 5.69 Å². The third-order valence-electron chi connectivity index (χ3n) is 2.19. The van der Waals surface area contributed by atoms with E-state index in [1.54, 1.807) is 7.11 Å². The Morgan fingerprint density at radius 3 is 2.93 bits per heavy atom. The van der Waals surface area contributed by atoms with Crippen LogP contribution in [0.5, 0.6) is 0 Å². The molecule has 0 amide bonds. The molecule has 0 atom stereocenters. The van der Waals surface area contributed by atoms with Crippen LogP contribution < -0.4 is 5.32 Å². The molecular weight excluding hydrogens is 174 g/mol. The van der Waals surface area contributed by atoms with Crippen LogP contribution in [0, 0.1) is 0 Å². The largest absolute Gasteiger partial charge is 0.385 e. The molecule has 0 aliphatic rings. The van der Waals surface area contributed by atoms with Crippen LogP contribution in [0.15, 0.2) is 24.3 Å². The SMILES string of the molecule is CCc1cccc(NCCCOC)c1. The molecule has 2 nitrogen and oxygen atoms in total. The molecule has 1 aromatic carbocycles. The summed E-state index contributed by atoms with van der Waals surface area (Å²) in [5.74, 6) is 0. The topological polar surface area (TPSA) is 21.3 Å². The number of nitrogens with one attached hydrogen (secondary N) is 1. The van der Waals surface area contributed by atoms with Crippen LogP contribution in [0.3, 0.4) is 0 Å². The van der Waals surface area contributed by atoms with Crippen LogP contribution in [0.2, 0.25) is 0 Å². The van der Waals surface area contributed by atoms with Crippen molar-refractivity contribution in [1.29, 1.82) is 0 Å². The zero-order valence-corrected chi connectivity index (χ0v) is 9.05. The molecule has 0 aromatic heterocycles. The van der Waals surface area contributed by atoms with Crippen LogP contribution in [0.25, 0.3) is 0 Å². The minimum atomic E-state index is 0.820. The van der Waals surface area contributed by atoms with Gasteiger partial charge in [0.25, 0.3) is 0 Å². The number of benzene rings is 1. The van der Waals surface area contributed by atoms with Gasteiger partial charge in [0, 0.05) is 25.9 Å². The van der Waals surface area contributed by atoms with Gasteiger partial charge in [0.1, 0.15) is 0 Å². The van der Waals surface area contributed by atoms with Gasteiger partial charge in [0.15, 0.2) is 0 Å². The first-order valence-electron chi connectivity index (χ1n) is 5.18. The molecule has 1 aromatic rings. The van der Waals surface area contributed by atoms with Gasteiger partial charge < -0.3 is 10.1 Å². The van der Waals surface area contributed by atoms with Crippen molar-refractivity contribution in [2.45, 2.75) is 19.8 Å². The molecule has 0 aliphatic heterocycles. The lowest BCUT2D eigenvalue weighted by atomic mass is 10.1. The number of anilines is 1. The van der Waals surface area contributed by atoms with Crippen molar-refractivity contribution in [2.75, 3.05) is 25.6 Å². The van der Waals surface area contributed by atoms with Gasteiger partial charge in [-0.3, -0.25) is 0 Å². The van der Waals surface area contributed by atoms with Crippen LogP contribution in [0.1, 0.15) is 18.9 Å². The van der Waals surface area contributed by atoms with Gasteiger partial charge in [-0.2, -0.15) is 0 Å². The second-order valence-corrected chi connectivity index (χ2v) is 3.33. The zero-order valence-electron chi connectivity index (χ0n) is 9.05. The Kier molecular flexibility index (Phi) is 5.08. The fourth-order valence-electron chi connectivity index (χ4n) is 1.35. The van der Waals surface area contributed by atoms with E-state index in [0.717, 1.165) is 26.0 Å². The summed E-state index contributed by atoms with van der Waals surface area (Å²) in [4.78, 5) is 0. The Balaban J connectivity index is 2.34. The second-order valence-electron chi connectivity index (χ2n) is 3.33. The number of methoxy groups -OCH3 is 1. The van der Waals surface area contributed by atoms with E-state index in [2.05, 4.69) is 36.5 Å². The summed E-state index contributed by atoms with van der Waals surface area (Å²) in [6.07, 6.45) is 2.14. The molecule has 0 saturated heterocycles. The minimum Gasteiger partial charge on any atom is -0.385 e. The number of aryl methyl sites for hydroxylation is 1. The lowest BCUT2D eigenvalue weighted by molar-refractivity contribution is 0.198. The van der Waals surface area contributed by atoms with E-state index >= 15 is 0 Å². The lowest BCUT2D eigenvalue weighted by Crippen LogP contribution is -2.04. The average molecular weight is 193 g/mol. The molecule has 0 unspecified atom stereocenters. The molecule has 0 radical (unpaired) electrons. The maximum absolute atomic E-state index is 4.98. The third kappa shape index (κ3) is 3.79. The summed E-state index contributed by atoms with van der Waals surface area (Å²) in [6, 6.07) is 8.55. The summed E-state index contributed by atoms with van der Waals surface area (Å²) in [6.45, 7) is 3.96. The Hall–Kier alpha value is -1.02. The van der Waals surface area contributed by atoms with Crippen molar-refractivity contribution < 1.29 is 4.74 Å². The van der Waals surface area contributed by atoms with E-state index in [-0.39, 0.29) is 0 Å². The monoisotopic (exact) mass is 193 g/mol. The highest BCUT2D eigenvalue weighted by Gasteiger charge is 1.93. The summed E-state index contributed by atoms with van der Waals surface area (Å²) >= 11 is 0. The van der Waals surface area contributed by atoms with E-state index in [1.807, 2.05) is 0 Å². The van der Waals surface area contributed by atoms with Gasteiger partial charge in [-0.25, -0.2) is 0 Å². The van der Waals surface area contributed by atoms with Crippen molar-refractivity contribution in [3.05, 3.63) is 29.8 Å². The first-order valence-corrected chi connectivity index (χ1v) is 5.18. The molecule has 0 fully saturated rings. The quantitative estimate of drug-likeness (QED) is 0.701. The molecule has 0 spiro atoms. The fraction of sp³-hybridized carbons (Fsp3) is 0.500. The average Bonchev–Trinajstić information content (AvgIpc) is 2.25. The van der Waals surface area contributed by atoms with Crippen molar-refractivity contribution in [3.63, 3.8) is 0 Å². The predicted molar refractivity (Wildman–Crippen MR) is 60.8 cm³/mol. The maximum atomic E-state index is 4.98. The minimum absolute atomic E-state index is 0.820. The Morgan fingerprint density at radius 1 is 1.36 bits per heavy atom. The number of ether oxygens (including phenoxy) is 1. The highest BCUT2D eigenvalue weighted by molar-refractivity contribution is 5.45. The smallest absolute Gasteiger partial charge is 0.0479 e. The van der Waals surface area contributed by atoms with Gasteiger partial charge >= 0.3 is 0 Å². The highest BCUT2D eigenvalue weighted by Crippen LogP contribution is 2.10. The molecule has 0 heterocycles. The van der Waals surface area contributed by atoms with E-state index in [4.69, 9.17) is 4.74 Å².